The van der Waals surface area contributed by atoms with Crippen LogP contribution >= 0.6 is 0 Å². The van der Waals surface area contributed by atoms with Crippen molar-refractivity contribution in [3.63, 3.8) is 0 Å². The Balaban J connectivity index is 1.32. The number of benzene rings is 3. The van der Waals surface area contributed by atoms with Crippen LogP contribution in [0.3, 0.4) is 0 Å². The number of hydrogen-bond acceptors (Lipinski definition) is 2. The Labute approximate surface area is 198 Å². The first-order chi connectivity index (χ1) is 16.0. The maximum Gasteiger partial charge on any atom is 0.252 e. The maximum absolute atomic E-state index is 13.0. The molecule has 1 heterocycles. The van der Waals surface area contributed by atoms with E-state index in [9.17, 15) is 4.79 Å². The van der Waals surface area contributed by atoms with Gasteiger partial charge in [-0.25, -0.2) is 0 Å². The van der Waals surface area contributed by atoms with Crippen molar-refractivity contribution in [3.05, 3.63) is 106 Å². The maximum atomic E-state index is 13.0. The molecule has 4 rings (SSSR count). The summed E-state index contributed by atoms with van der Waals surface area (Å²) in [5, 5.41) is 3.31. The molecule has 172 valence electrons. The van der Waals surface area contributed by atoms with E-state index in [0.717, 1.165) is 55.6 Å². The quantitative estimate of drug-likeness (QED) is 0.487. The van der Waals surface area contributed by atoms with Crippen LogP contribution in [0.15, 0.2) is 72.8 Å². The lowest BCUT2D eigenvalue weighted by atomic mass is 9.88. The van der Waals surface area contributed by atoms with Gasteiger partial charge in [-0.2, -0.15) is 0 Å². The Morgan fingerprint density at radius 3 is 1.91 bits per heavy atom. The van der Waals surface area contributed by atoms with E-state index in [4.69, 9.17) is 0 Å². The third-order valence-electron chi connectivity index (χ3n) is 6.96. The molecule has 1 amide bonds. The fourth-order valence-electron chi connectivity index (χ4n) is 5.30. The van der Waals surface area contributed by atoms with E-state index >= 15 is 0 Å². The van der Waals surface area contributed by atoms with Crippen molar-refractivity contribution in [1.29, 1.82) is 0 Å². The second kappa shape index (κ2) is 10.8. The average molecular weight is 441 g/mol. The number of piperidine rings is 1. The highest BCUT2D eigenvalue weighted by atomic mass is 16.1. The Kier molecular flexibility index (Phi) is 7.61. The van der Waals surface area contributed by atoms with E-state index in [1.807, 2.05) is 13.8 Å². The Bertz CT molecular complexity index is 991. The molecule has 0 aliphatic carbocycles. The normalized spacial score (nSPS) is 15.0. The van der Waals surface area contributed by atoms with Crippen molar-refractivity contribution in [2.24, 2.45) is 0 Å². The molecular formula is C30H36N2O. The minimum Gasteiger partial charge on any atom is -0.349 e. The molecule has 33 heavy (non-hydrogen) atoms. The molecular weight excluding hydrogens is 404 g/mol. The number of aryl methyl sites for hydroxylation is 3. The zero-order valence-corrected chi connectivity index (χ0v) is 20.2. The highest BCUT2D eigenvalue weighted by molar-refractivity contribution is 5.97. The molecule has 3 nitrogen and oxygen atoms in total. The van der Waals surface area contributed by atoms with Gasteiger partial charge >= 0.3 is 0 Å². The summed E-state index contributed by atoms with van der Waals surface area (Å²) in [5.74, 6) is 0.494. The van der Waals surface area contributed by atoms with Crippen LogP contribution in [0.5, 0.6) is 0 Å². The summed E-state index contributed by atoms with van der Waals surface area (Å²) in [6, 6.07) is 26.1. The molecule has 3 aromatic carbocycles. The number of rotatable bonds is 7. The zero-order chi connectivity index (χ0) is 23.2. The van der Waals surface area contributed by atoms with E-state index in [1.165, 1.54) is 16.7 Å². The Hall–Kier alpha value is -2.91. The Morgan fingerprint density at radius 1 is 0.879 bits per heavy atom. The molecule has 1 fully saturated rings. The van der Waals surface area contributed by atoms with Crippen LogP contribution in [-0.4, -0.2) is 36.5 Å². The monoisotopic (exact) mass is 440 g/mol. The number of carbonyl (C=O) groups excluding carboxylic acids is 1. The highest BCUT2D eigenvalue weighted by Gasteiger charge is 2.23. The van der Waals surface area contributed by atoms with Gasteiger partial charge < -0.3 is 10.2 Å². The summed E-state index contributed by atoms with van der Waals surface area (Å²) in [6.45, 7) is 9.30. The van der Waals surface area contributed by atoms with Crippen LogP contribution in [0.25, 0.3) is 0 Å². The SMILES string of the molecule is Cc1cc(C)c(C(=O)NC2CCN(CCC(c3ccccc3)c3ccccc3)CC2)c(C)c1. The first-order valence-corrected chi connectivity index (χ1v) is 12.2. The second-order valence-electron chi connectivity index (χ2n) is 9.53. The van der Waals surface area contributed by atoms with Gasteiger partial charge in [0.15, 0.2) is 0 Å². The third-order valence-corrected chi connectivity index (χ3v) is 6.96. The van der Waals surface area contributed by atoms with Crippen molar-refractivity contribution in [3.8, 4) is 0 Å². The fraction of sp³-hybridized carbons (Fsp3) is 0.367. The molecule has 0 spiro atoms. The lowest BCUT2D eigenvalue weighted by Gasteiger charge is -2.33. The summed E-state index contributed by atoms with van der Waals surface area (Å²) in [5.41, 5.74) is 6.95. The third kappa shape index (κ3) is 5.91. The van der Waals surface area contributed by atoms with Gasteiger partial charge in [0.05, 0.1) is 0 Å². The minimum atomic E-state index is 0.0802. The number of hydrogen-bond donors (Lipinski definition) is 1. The summed E-state index contributed by atoms with van der Waals surface area (Å²) in [4.78, 5) is 15.5. The highest BCUT2D eigenvalue weighted by Crippen LogP contribution is 2.28. The van der Waals surface area contributed by atoms with Crippen molar-refractivity contribution < 1.29 is 4.79 Å². The minimum absolute atomic E-state index is 0.0802. The summed E-state index contributed by atoms with van der Waals surface area (Å²) in [7, 11) is 0. The predicted molar refractivity (Wildman–Crippen MR) is 137 cm³/mol. The van der Waals surface area contributed by atoms with Crippen molar-refractivity contribution >= 4 is 5.91 Å². The van der Waals surface area contributed by atoms with E-state index in [1.54, 1.807) is 0 Å². The van der Waals surface area contributed by atoms with E-state index < -0.39 is 0 Å². The molecule has 0 atom stereocenters. The predicted octanol–water partition coefficient (Wildman–Crippen LogP) is 6.03. The standard InChI is InChI=1S/C30H36N2O/c1-22-20-23(2)29(24(3)21-22)30(33)31-27-14-17-32(18-15-27)19-16-28(25-10-6-4-7-11-25)26-12-8-5-9-13-26/h4-13,20-21,27-28H,14-19H2,1-3H3,(H,31,33). The number of nitrogens with one attached hydrogen (secondary N) is 1. The van der Waals surface area contributed by atoms with Crippen LogP contribution in [0, 0.1) is 20.8 Å². The molecule has 3 aromatic rings. The van der Waals surface area contributed by atoms with Gasteiger partial charge in [-0.1, -0.05) is 78.4 Å². The lowest BCUT2D eigenvalue weighted by molar-refractivity contribution is 0.0909. The van der Waals surface area contributed by atoms with Gasteiger partial charge in [0.1, 0.15) is 0 Å². The van der Waals surface area contributed by atoms with E-state index in [-0.39, 0.29) is 11.9 Å². The van der Waals surface area contributed by atoms with Crippen molar-refractivity contribution in [2.45, 2.75) is 52.0 Å². The fourth-order valence-corrected chi connectivity index (χ4v) is 5.30. The average Bonchev–Trinajstić information content (AvgIpc) is 2.81. The van der Waals surface area contributed by atoms with Crippen LogP contribution in [0.1, 0.15) is 63.4 Å². The van der Waals surface area contributed by atoms with Gasteiger partial charge in [0.25, 0.3) is 5.91 Å². The van der Waals surface area contributed by atoms with Gasteiger partial charge in [-0.3, -0.25) is 4.79 Å². The summed E-state index contributed by atoms with van der Waals surface area (Å²) >= 11 is 0. The first kappa shape index (κ1) is 23.3. The van der Waals surface area contributed by atoms with Crippen molar-refractivity contribution in [2.75, 3.05) is 19.6 Å². The molecule has 0 unspecified atom stereocenters. The number of nitrogens with zero attached hydrogens (tertiary/aromatic N) is 1. The van der Waals surface area contributed by atoms with Gasteiger partial charge in [0, 0.05) is 30.6 Å². The van der Waals surface area contributed by atoms with Crippen molar-refractivity contribution in [1.82, 2.24) is 10.2 Å². The smallest absolute Gasteiger partial charge is 0.252 e. The first-order valence-electron chi connectivity index (χ1n) is 12.2. The van der Waals surface area contributed by atoms with Gasteiger partial charge in [-0.05, 0) is 68.8 Å². The van der Waals surface area contributed by atoms with Crippen LogP contribution < -0.4 is 5.32 Å². The second-order valence-corrected chi connectivity index (χ2v) is 9.53. The summed E-state index contributed by atoms with van der Waals surface area (Å²) in [6.07, 6.45) is 3.13. The van der Waals surface area contributed by atoms with Crippen LogP contribution in [0.2, 0.25) is 0 Å². The van der Waals surface area contributed by atoms with E-state index in [0.29, 0.717) is 5.92 Å². The topological polar surface area (TPSA) is 32.3 Å². The molecule has 0 radical (unpaired) electrons. The molecule has 0 aromatic heterocycles. The molecule has 1 N–H and O–H groups in total. The van der Waals surface area contributed by atoms with Crippen LogP contribution in [0.4, 0.5) is 0 Å². The molecule has 0 saturated carbocycles. The molecule has 1 aliphatic rings. The molecule has 3 heteroatoms. The molecule has 0 bridgehead atoms. The number of carbonyl (C=O) groups is 1. The van der Waals surface area contributed by atoms with Gasteiger partial charge in [0.2, 0.25) is 0 Å². The largest absolute Gasteiger partial charge is 0.349 e. The van der Waals surface area contributed by atoms with Gasteiger partial charge in [-0.15, -0.1) is 0 Å². The number of likely N-dealkylation sites (tertiary alicyclic amines) is 1. The summed E-state index contributed by atoms with van der Waals surface area (Å²) < 4.78 is 0. The Morgan fingerprint density at radius 2 is 1.39 bits per heavy atom. The number of amides is 1. The van der Waals surface area contributed by atoms with E-state index in [2.05, 4.69) is 89.9 Å². The van der Waals surface area contributed by atoms with Crippen LogP contribution in [-0.2, 0) is 0 Å². The lowest BCUT2D eigenvalue weighted by Crippen LogP contribution is -2.45. The molecule has 1 aliphatic heterocycles. The molecule has 1 saturated heterocycles. The zero-order valence-electron chi connectivity index (χ0n) is 20.2.